The Morgan fingerprint density at radius 2 is 1.86 bits per heavy atom. The Morgan fingerprint density at radius 1 is 1.14 bits per heavy atom. The van der Waals surface area contributed by atoms with Gasteiger partial charge in [-0.25, -0.2) is 28.8 Å². The number of hydrazine groups is 1. The molecule has 0 saturated carbocycles. The molecule has 1 atom stereocenters. The fourth-order valence-electron chi connectivity index (χ4n) is 3.88. The number of carbonyl (C=O) groups excluding carboxylic acids is 1. The molecule has 1 aliphatic carbocycles. The Bertz CT molecular complexity index is 1110. The number of primary sulfonamides is 1. The van der Waals surface area contributed by atoms with Crippen molar-refractivity contribution in [3.8, 4) is 5.75 Å². The molecule has 152 valence electrons. The molecule has 0 fully saturated rings. The molecule has 0 bridgehead atoms. The molecule has 1 amide bonds. The lowest BCUT2D eigenvalue weighted by atomic mass is 9.84. The Balaban J connectivity index is 1.82. The average Bonchev–Trinajstić information content (AvgIpc) is 3.12. The van der Waals surface area contributed by atoms with Crippen molar-refractivity contribution in [3.63, 3.8) is 0 Å². The molecule has 8 nitrogen and oxygen atoms in total. The largest absolute Gasteiger partial charge is 0.497 e. The average molecular weight is 415 g/mol. The van der Waals surface area contributed by atoms with Gasteiger partial charge in [0.05, 0.1) is 25.2 Å². The highest BCUT2D eigenvalue weighted by Crippen LogP contribution is 2.45. The molecule has 1 heterocycles. The SMILES string of the molecule is COC(=O)N1NC(c2ccc(S(N)(=O)=O)cc2)C2=C1CCc1cc(OC)ccc12. The van der Waals surface area contributed by atoms with Crippen molar-refractivity contribution in [2.45, 2.75) is 23.8 Å². The standard InChI is InChI=1S/C20H21N3O5S/c1-27-14-6-9-16-13(11-14)5-10-17-18(16)19(22-23(17)20(24)28-2)12-3-7-15(8-4-12)29(21,25)26/h3-4,6-9,11,19,22H,5,10H2,1-2H3,(H2,21,25,26). The molecular weight excluding hydrogens is 394 g/mol. The van der Waals surface area contributed by atoms with Crippen LogP contribution in [-0.4, -0.2) is 33.7 Å². The van der Waals surface area contributed by atoms with E-state index in [1.54, 1.807) is 19.2 Å². The van der Waals surface area contributed by atoms with E-state index in [2.05, 4.69) is 5.43 Å². The number of hydrogen-bond donors (Lipinski definition) is 2. The van der Waals surface area contributed by atoms with Crippen molar-refractivity contribution >= 4 is 21.7 Å². The summed E-state index contributed by atoms with van der Waals surface area (Å²) < 4.78 is 33.4. The second kappa shape index (κ2) is 7.18. The maximum absolute atomic E-state index is 12.3. The first kappa shape index (κ1) is 19.4. The molecule has 9 heteroatoms. The van der Waals surface area contributed by atoms with Crippen LogP contribution in [0.2, 0.25) is 0 Å². The van der Waals surface area contributed by atoms with Crippen LogP contribution >= 0.6 is 0 Å². The van der Waals surface area contributed by atoms with E-state index in [4.69, 9.17) is 14.6 Å². The summed E-state index contributed by atoms with van der Waals surface area (Å²) in [7, 11) is -0.822. The summed E-state index contributed by atoms with van der Waals surface area (Å²) in [6.45, 7) is 0. The van der Waals surface area contributed by atoms with Crippen LogP contribution in [-0.2, 0) is 21.2 Å². The number of carbonyl (C=O) groups is 1. The maximum atomic E-state index is 12.3. The van der Waals surface area contributed by atoms with Gasteiger partial charge in [0.1, 0.15) is 5.75 Å². The van der Waals surface area contributed by atoms with E-state index in [0.717, 1.165) is 40.1 Å². The minimum atomic E-state index is -3.78. The molecule has 2 aromatic rings. The van der Waals surface area contributed by atoms with Crippen molar-refractivity contribution in [2.75, 3.05) is 14.2 Å². The van der Waals surface area contributed by atoms with E-state index in [9.17, 15) is 13.2 Å². The number of hydrogen-bond acceptors (Lipinski definition) is 6. The zero-order valence-corrected chi connectivity index (χ0v) is 16.8. The van der Waals surface area contributed by atoms with Crippen molar-refractivity contribution in [1.82, 2.24) is 10.4 Å². The Morgan fingerprint density at radius 3 is 2.48 bits per heavy atom. The monoisotopic (exact) mass is 415 g/mol. The second-order valence-electron chi connectivity index (χ2n) is 6.87. The van der Waals surface area contributed by atoms with Gasteiger partial charge in [0.25, 0.3) is 0 Å². The lowest BCUT2D eigenvalue weighted by molar-refractivity contribution is 0.118. The summed E-state index contributed by atoms with van der Waals surface area (Å²) in [5, 5.41) is 6.63. The van der Waals surface area contributed by atoms with Crippen molar-refractivity contribution < 1.29 is 22.7 Å². The van der Waals surface area contributed by atoms with Gasteiger partial charge in [0, 0.05) is 11.3 Å². The molecular formula is C20H21N3O5S. The Kier molecular flexibility index (Phi) is 4.81. The predicted molar refractivity (Wildman–Crippen MR) is 106 cm³/mol. The zero-order valence-electron chi connectivity index (χ0n) is 16.0. The Labute approximate surface area is 168 Å². The van der Waals surface area contributed by atoms with Gasteiger partial charge in [-0.1, -0.05) is 18.2 Å². The van der Waals surface area contributed by atoms with E-state index < -0.39 is 16.1 Å². The third-order valence-corrected chi connectivity index (χ3v) is 6.19. The number of nitrogens with two attached hydrogens (primary N) is 1. The van der Waals surface area contributed by atoms with Gasteiger partial charge in [-0.3, -0.25) is 0 Å². The molecule has 2 aliphatic rings. The molecule has 0 saturated heterocycles. The van der Waals surface area contributed by atoms with Crippen LogP contribution in [0.1, 0.15) is 29.2 Å². The van der Waals surface area contributed by atoms with Crippen LogP contribution in [0.3, 0.4) is 0 Å². The predicted octanol–water partition coefficient (Wildman–Crippen LogP) is 2.33. The second-order valence-corrected chi connectivity index (χ2v) is 8.43. The number of aryl methyl sites for hydroxylation is 1. The van der Waals surface area contributed by atoms with Gasteiger partial charge in [-0.05, 0) is 53.8 Å². The fraction of sp³-hybridized carbons (Fsp3) is 0.250. The summed E-state index contributed by atoms with van der Waals surface area (Å²) >= 11 is 0. The highest BCUT2D eigenvalue weighted by molar-refractivity contribution is 7.89. The number of amides is 1. The van der Waals surface area contributed by atoms with Crippen LogP contribution in [0.4, 0.5) is 4.79 Å². The number of methoxy groups -OCH3 is 2. The molecule has 2 aromatic carbocycles. The van der Waals surface area contributed by atoms with Gasteiger partial charge in [0.2, 0.25) is 10.0 Å². The first-order chi connectivity index (χ1) is 13.8. The summed E-state index contributed by atoms with van der Waals surface area (Å²) in [6, 6.07) is 11.8. The van der Waals surface area contributed by atoms with Gasteiger partial charge < -0.3 is 9.47 Å². The number of ether oxygens (including phenoxy) is 2. The highest BCUT2D eigenvalue weighted by atomic mass is 32.2. The zero-order chi connectivity index (χ0) is 20.8. The van der Waals surface area contributed by atoms with Gasteiger partial charge in [0.15, 0.2) is 0 Å². The van der Waals surface area contributed by atoms with Crippen LogP contribution in [0.25, 0.3) is 5.57 Å². The third-order valence-electron chi connectivity index (χ3n) is 5.26. The van der Waals surface area contributed by atoms with Crippen LogP contribution in [0.5, 0.6) is 5.75 Å². The molecule has 1 aliphatic heterocycles. The number of rotatable bonds is 3. The number of nitrogens with one attached hydrogen (secondary N) is 1. The van der Waals surface area contributed by atoms with Gasteiger partial charge in [-0.2, -0.15) is 0 Å². The molecule has 0 aromatic heterocycles. The van der Waals surface area contributed by atoms with E-state index in [1.165, 1.54) is 24.3 Å². The first-order valence-electron chi connectivity index (χ1n) is 9.01. The fourth-order valence-corrected chi connectivity index (χ4v) is 4.40. The third kappa shape index (κ3) is 3.37. The van der Waals surface area contributed by atoms with Crippen molar-refractivity contribution in [2.24, 2.45) is 5.14 Å². The van der Waals surface area contributed by atoms with Crippen molar-refractivity contribution in [1.29, 1.82) is 0 Å². The van der Waals surface area contributed by atoms with E-state index in [0.29, 0.717) is 6.42 Å². The number of sulfonamides is 1. The lowest BCUT2D eigenvalue weighted by Crippen LogP contribution is -2.38. The minimum Gasteiger partial charge on any atom is -0.497 e. The quantitative estimate of drug-likeness (QED) is 0.796. The summed E-state index contributed by atoms with van der Waals surface area (Å²) in [4.78, 5) is 12.4. The van der Waals surface area contributed by atoms with E-state index >= 15 is 0 Å². The van der Waals surface area contributed by atoms with E-state index in [1.807, 2.05) is 18.2 Å². The number of fused-ring (bicyclic) bond motifs is 2. The summed E-state index contributed by atoms with van der Waals surface area (Å²) in [5.74, 6) is 0.776. The summed E-state index contributed by atoms with van der Waals surface area (Å²) in [6.07, 6.45) is 0.916. The van der Waals surface area contributed by atoms with Crippen LogP contribution < -0.4 is 15.3 Å². The maximum Gasteiger partial charge on any atom is 0.428 e. The van der Waals surface area contributed by atoms with E-state index in [-0.39, 0.29) is 10.9 Å². The van der Waals surface area contributed by atoms with Crippen LogP contribution in [0, 0.1) is 0 Å². The molecule has 0 spiro atoms. The van der Waals surface area contributed by atoms with Crippen molar-refractivity contribution in [3.05, 3.63) is 64.9 Å². The smallest absolute Gasteiger partial charge is 0.428 e. The van der Waals surface area contributed by atoms with Gasteiger partial charge >= 0.3 is 6.09 Å². The minimum absolute atomic E-state index is 0.0343. The lowest BCUT2D eigenvalue weighted by Gasteiger charge is -2.23. The molecule has 1 unspecified atom stereocenters. The number of nitrogens with zero attached hydrogens (tertiary/aromatic N) is 1. The van der Waals surface area contributed by atoms with Gasteiger partial charge in [-0.15, -0.1) is 0 Å². The normalized spacial score (nSPS) is 18.3. The van der Waals surface area contributed by atoms with Crippen LogP contribution in [0.15, 0.2) is 53.1 Å². The molecule has 0 radical (unpaired) electrons. The first-order valence-corrected chi connectivity index (χ1v) is 10.6. The highest BCUT2D eigenvalue weighted by Gasteiger charge is 2.39. The summed E-state index contributed by atoms with van der Waals surface area (Å²) in [5.41, 5.74) is 7.96. The number of benzene rings is 2. The molecule has 29 heavy (non-hydrogen) atoms. The number of allylic oxidation sites excluding steroid dienone is 1. The Hall–Kier alpha value is -2.88. The molecule has 4 rings (SSSR count). The topological polar surface area (TPSA) is 111 Å². The molecule has 3 N–H and O–H groups in total.